The van der Waals surface area contributed by atoms with Gasteiger partial charge in [0.25, 0.3) is 0 Å². The molecule has 1 aromatic rings. The fourth-order valence-electron chi connectivity index (χ4n) is 3.04. The van der Waals surface area contributed by atoms with E-state index in [0.29, 0.717) is 10.9 Å². The third kappa shape index (κ3) is 4.31. The first-order valence-electron chi connectivity index (χ1n) is 8.20. The van der Waals surface area contributed by atoms with Gasteiger partial charge in [0.2, 0.25) is 10.0 Å². The molecule has 0 spiro atoms. The number of nitrogens with one attached hydrogen (secondary N) is 1. The van der Waals surface area contributed by atoms with E-state index in [1.807, 2.05) is 12.1 Å². The molecule has 1 aliphatic carbocycles. The van der Waals surface area contributed by atoms with Crippen LogP contribution < -0.4 is 5.32 Å². The normalized spacial score (nSPS) is 19.1. The van der Waals surface area contributed by atoms with Gasteiger partial charge in [-0.15, -0.1) is 0 Å². The van der Waals surface area contributed by atoms with Crippen LogP contribution in [0.25, 0.3) is 0 Å². The van der Waals surface area contributed by atoms with E-state index in [1.54, 1.807) is 26.2 Å². The fraction of sp³-hybridized carbons (Fsp3) is 0.647. The molecule has 5 heteroatoms. The van der Waals surface area contributed by atoms with E-state index >= 15 is 0 Å². The Hall–Kier alpha value is -0.910. The third-order valence-corrected chi connectivity index (χ3v) is 6.33. The van der Waals surface area contributed by atoms with Gasteiger partial charge in [-0.05, 0) is 37.5 Å². The predicted octanol–water partition coefficient (Wildman–Crippen LogP) is 3.31. The summed E-state index contributed by atoms with van der Waals surface area (Å²) in [4.78, 5) is 0.350. The van der Waals surface area contributed by atoms with Crippen molar-refractivity contribution < 1.29 is 8.42 Å². The van der Waals surface area contributed by atoms with Gasteiger partial charge in [-0.3, -0.25) is 0 Å². The zero-order chi connectivity index (χ0) is 16.2. The Kier molecular flexibility index (Phi) is 6.01. The molecule has 0 aliphatic heterocycles. The minimum Gasteiger partial charge on any atom is -0.307 e. The smallest absolute Gasteiger partial charge is 0.242 e. The average molecular weight is 324 g/mol. The summed E-state index contributed by atoms with van der Waals surface area (Å²) in [6, 6.07) is 8.09. The van der Waals surface area contributed by atoms with Crippen molar-refractivity contribution in [2.45, 2.75) is 62.4 Å². The Morgan fingerprint density at radius 2 is 1.59 bits per heavy atom. The van der Waals surface area contributed by atoms with E-state index in [0.717, 1.165) is 5.56 Å². The molecule has 22 heavy (non-hydrogen) atoms. The highest BCUT2D eigenvalue weighted by atomic mass is 32.2. The average Bonchev–Trinajstić information content (AvgIpc) is 2.76. The van der Waals surface area contributed by atoms with Crippen LogP contribution in [0.3, 0.4) is 0 Å². The predicted molar refractivity (Wildman–Crippen MR) is 90.4 cm³/mol. The minimum absolute atomic E-state index is 0.249. The van der Waals surface area contributed by atoms with Crippen molar-refractivity contribution in [2.75, 3.05) is 14.1 Å². The van der Waals surface area contributed by atoms with E-state index in [-0.39, 0.29) is 6.04 Å². The van der Waals surface area contributed by atoms with Gasteiger partial charge < -0.3 is 5.32 Å². The molecule has 4 nitrogen and oxygen atoms in total. The molecule has 1 atom stereocenters. The molecule has 0 heterocycles. The molecule has 0 saturated heterocycles. The molecule has 1 saturated carbocycles. The summed E-state index contributed by atoms with van der Waals surface area (Å²) in [5.74, 6) is 0. The summed E-state index contributed by atoms with van der Waals surface area (Å²) in [5.41, 5.74) is 1.14. The van der Waals surface area contributed by atoms with Crippen LogP contribution in [-0.4, -0.2) is 32.9 Å². The van der Waals surface area contributed by atoms with Gasteiger partial charge >= 0.3 is 0 Å². The lowest BCUT2D eigenvalue weighted by Crippen LogP contribution is -2.31. The summed E-state index contributed by atoms with van der Waals surface area (Å²) in [7, 11) is -0.228. The number of rotatable bonds is 5. The Labute approximate surface area is 135 Å². The standard InChI is InChI=1S/C17H28N2O2S/c1-14(18-16-8-6-4-5-7-9-16)15-10-12-17(13-11-15)22(20,21)19(2)3/h10-14,16,18H,4-9H2,1-3H3. The van der Waals surface area contributed by atoms with Crippen LogP contribution in [0.5, 0.6) is 0 Å². The van der Waals surface area contributed by atoms with Gasteiger partial charge in [0.15, 0.2) is 0 Å². The highest BCUT2D eigenvalue weighted by Gasteiger charge is 2.18. The van der Waals surface area contributed by atoms with Crippen molar-refractivity contribution in [3.05, 3.63) is 29.8 Å². The molecule has 1 unspecified atom stereocenters. The minimum atomic E-state index is -3.34. The molecule has 124 valence electrons. The molecule has 1 fully saturated rings. The van der Waals surface area contributed by atoms with Crippen molar-refractivity contribution in [3.63, 3.8) is 0 Å². The first kappa shape index (κ1) is 17.4. The van der Waals surface area contributed by atoms with Crippen molar-refractivity contribution in [1.82, 2.24) is 9.62 Å². The van der Waals surface area contributed by atoms with E-state index < -0.39 is 10.0 Å². The zero-order valence-electron chi connectivity index (χ0n) is 13.9. The number of nitrogens with zero attached hydrogens (tertiary/aromatic N) is 1. The molecule has 1 aliphatic rings. The maximum atomic E-state index is 12.1. The quantitative estimate of drug-likeness (QED) is 0.845. The van der Waals surface area contributed by atoms with E-state index in [4.69, 9.17) is 0 Å². The molecular weight excluding hydrogens is 296 g/mol. The Balaban J connectivity index is 2.03. The van der Waals surface area contributed by atoms with Crippen LogP contribution in [0.15, 0.2) is 29.2 Å². The largest absolute Gasteiger partial charge is 0.307 e. The first-order chi connectivity index (χ1) is 10.4. The fourth-order valence-corrected chi connectivity index (χ4v) is 3.94. The second-order valence-electron chi connectivity index (χ2n) is 6.43. The molecular formula is C17H28N2O2S. The molecule has 0 amide bonds. The summed E-state index contributed by atoms with van der Waals surface area (Å²) in [5, 5.41) is 3.70. The number of sulfonamides is 1. The lowest BCUT2D eigenvalue weighted by atomic mass is 10.0. The third-order valence-electron chi connectivity index (χ3n) is 4.50. The summed E-state index contributed by atoms with van der Waals surface area (Å²) in [6.07, 6.45) is 7.82. The van der Waals surface area contributed by atoms with Gasteiger partial charge in [-0.2, -0.15) is 0 Å². The maximum absolute atomic E-state index is 12.1. The van der Waals surface area contributed by atoms with E-state index in [9.17, 15) is 8.42 Å². The van der Waals surface area contributed by atoms with Gasteiger partial charge in [-0.25, -0.2) is 12.7 Å². The van der Waals surface area contributed by atoms with Gasteiger partial charge in [0.05, 0.1) is 4.90 Å². The highest BCUT2D eigenvalue weighted by Crippen LogP contribution is 2.22. The summed E-state index contributed by atoms with van der Waals surface area (Å²) < 4.78 is 25.4. The van der Waals surface area contributed by atoms with Crippen LogP contribution in [0.1, 0.15) is 57.1 Å². The first-order valence-corrected chi connectivity index (χ1v) is 9.64. The summed E-state index contributed by atoms with van der Waals surface area (Å²) in [6.45, 7) is 2.15. The number of benzene rings is 1. The second kappa shape index (κ2) is 7.57. The van der Waals surface area contributed by atoms with Crippen LogP contribution in [0, 0.1) is 0 Å². The van der Waals surface area contributed by atoms with Gasteiger partial charge in [-0.1, -0.05) is 37.8 Å². The van der Waals surface area contributed by atoms with E-state index in [2.05, 4.69) is 12.2 Å². The molecule has 1 N–H and O–H groups in total. The SMILES string of the molecule is CC(NC1CCCCCC1)c1ccc(S(=O)(=O)N(C)C)cc1. The van der Waals surface area contributed by atoms with Crippen LogP contribution in [0.2, 0.25) is 0 Å². The van der Waals surface area contributed by atoms with Crippen molar-refractivity contribution >= 4 is 10.0 Å². The van der Waals surface area contributed by atoms with E-state index in [1.165, 1.54) is 42.8 Å². The van der Waals surface area contributed by atoms with Crippen molar-refractivity contribution in [3.8, 4) is 0 Å². The van der Waals surface area contributed by atoms with Crippen molar-refractivity contribution in [1.29, 1.82) is 0 Å². The lowest BCUT2D eigenvalue weighted by Gasteiger charge is -2.22. The monoisotopic (exact) mass is 324 g/mol. The second-order valence-corrected chi connectivity index (χ2v) is 8.59. The molecule has 0 radical (unpaired) electrons. The van der Waals surface area contributed by atoms with Crippen LogP contribution in [-0.2, 0) is 10.0 Å². The van der Waals surface area contributed by atoms with Crippen LogP contribution >= 0.6 is 0 Å². The Morgan fingerprint density at radius 3 is 2.09 bits per heavy atom. The maximum Gasteiger partial charge on any atom is 0.242 e. The highest BCUT2D eigenvalue weighted by molar-refractivity contribution is 7.89. The molecule has 2 rings (SSSR count). The molecule has 0 bridgehead atoms. The topological polar surface area (TPSA) is 49.4 Å². The van der Waals surface area contributed by atoms with Crippen LogP contribution in [0.4, 0.5) is 0 Å². The Morgan fingerprint density at radius 1 is 1.05 bits per heavy atom. The zero-order valence-corrected chi connectivity index (χ0v) is 14.7. The summed E-state index contributed by atoms with van der Waals surface area (Å²) >= 11 is 0. The number of hydrogen-bond donors (Lipinski definition) is 1. The molecule has 0 aromatic heterocycles. The Bertz CT molecular complexity index is 559. The number of hydrogen-bond acceptors (Lipinski definition) is 3. The van der Waals surface area contributed by atoms with Crippen molar-refractivity contribution in [2.24, 2.45) is 0 Å². The van der Waals surface area contributed by atoms with Gasteiger partial charge in [0.1, 0.15) is 0 Å². The van der Waals surface area contributed by atoms with Gasteiger partial charge in [0, 0.05) is 26.2 Å². The lowest BCUT2D eigenvalue weighted by molar-refractivity contribution is 0.414. The molecule has 1 aromatic carbocycles.